The zero-order valence-corrected chi connectivity index (χ0v) is 20.8. The van der Waals surface area contributed by atoms with Crippen LogP contribution in [0.3, 0.4) is 0 Å². The molecule has 0 aromatic heterocycles. The van der Waals surface area contributed by atoms with Crippen LogP contribution in [0.1, 0.15) is 24.5 Å². The maximum atomic E-state index is 13.3. The van der Waals surface area contributed by atoms with Gasteiger partial charge in [0.25, 0.3) is 0 Å². The van der Waals surface area contributed by atoms with Gasteiger partial charge in [0.2, 0.25) is 11.8 Å². The van der Waals surface area contributed by atoms with Gasteiger partial charge in [0.05, 0.1) is 11.9 Å². The maximum absolute atomic E-state index is 13.3. The molecular weight excluding hydrogens is 472 g/mol. The summed E-state index contributed by atoms with van der Waals surface area (Å²) in [5, 5.41) is 20.8. The minimum atomic E-state index is -0.655. The van der Waals surface area contributed by atoms with E-state index in [1.807, 2.05) is 74.5 Å². The number of nitrogens with zero attached hydrogens (tertiary/aromatic N) is 3. The lowest BCUT2D eigenvalue weighted by molar-refractivity contribution is -0.121. The first-order valence-corrected chi connectivity index (χ1v) is 12.3. The van der Waals surface area contributed by atoms with Crippen molar-refractivity contribution in [3.63, 3.8) is 0 Å². The number of para-hydroxylation sites is 1. The lowest BCUT2D eigenvalue weighted by Gasteiger charge is -2.16. The molecule has 182 valence electrons. The van der Waals surface area contributed by atoms with Gasteiger partial charge in [-0.3, -0.25) is 14.5 Å². The summed E-state index contributed by atoms with van der Waals surface area (Å²) in [4.78, 5) is 27.5. The van der Waals surface area contributed by atoms with Gasteiger partial charge in [-0.25, -0.2) is 0 Å². The molecule has 1 atom stereocenters. The van der Waals surface area contributed by atoms with Crippen molar-refractivity contribution in [2.45, 2.75) is 25.5 Å². The molecule has 0 spiro atoms. The van der Waals surface area contributed by atoms with Gasteiger partial charge in [-0.15, -0.1) is 5.10 Å². The first-order valence-electron chi connectivity index (χ1n) is 11.4. The predicted octanol–water partition coefficient (Wildman–Crippen LogP) is 5.62. The Bertz CT molecular complexity index is 1330. The van der Waals surface area contributed by atoms with E-state index in [0.29, 0.717) is 16.5 Å². The van der Waals surface area contributed by atoms with Crippen LogP contribution in [0.25, 0.3) is 6.08 Å². The second-order valence-corrected chi connectivity index (χ2v) is 9.46. The molecule has 1 aliphatic rings. The third-order valence-corrected chi connectivity index (χ3v) is 6.56. The zero-order valence-electron chi connectivity index (χ0n) is 20.0. The number of rotatable bonds is 7. The third-order valence-electron chi connectivity index (χ3n) is 5.43. The molecule has 1 heterocycles. The number of allylic oxidation sites excluding steroid dienone is 1. The van der Waals surface area contributed by atoms with Gasteiger partial charge in [0.15, 0.2) is 5.17 Å². The summed E-state index contributed by atoms with van der Waals surface area (Å²) in [5.41, 5.74) is 4.14. The highest BCUT2D eigenvalue weighted by Crippen LogP contribution is 2.34. The molecule has 1 unspecified atom stereocenters. The number of carbonyl (C=O) groups excluding carboxylic acids is 2. The van der Waals surface area contributed by atoms with Gasteiger partial charge >= 0.3 is 0 Å². The van der Waals surface area contributed by atoms with Crippen molar-refractivity contribution < 1.29 is 14.7 Å². The number of phenolic OH excluding ortho intramolecular Hbond substituents is 1. The minimum Gasteiger partial charge on any atom is -0.508 e. The van der Waals surface area contributed by atoms with E-state index in [2.05, 4.69) is 15.5 Å². The Labute approximate surface area is 214 Å². The highest BCUT2D eigenvalue weighted by molar-refractivity contribution is 8.16. The number of carbonyl (C=O) groups is 2. The Morgan fingerprint density at radius 2 is 1.75 bits per heavy atom. The van der Waals surface area contributed by atoms with E-state index in [9.17, 15) is 14.7 Å². The Morgan fingerprint density at radius 1 is 1.06 bits per heavy atom. The van der Waals surface area contributed by atoms with Crippen LogP contribution in [-0.2, 0) is 9.59 Å². The summed E-state index contributed by atoms with van der Waals surface area (Å²) in [5.74, 6) is -0.436. The van der Waals surface area contributed by atoms with E-state index in [1.165, 1.54) is 28.8 Å². The van der Waals surface area contributed by atoms with Crippen molar-refractivity contribution >= 4 is 52.4 Å². The molecule has 3 aromatic rings. The van der Waals surface area contributed by atoms with Crippen LogP contribution in [0.2, 0.25) is 0 Å². The first kappa shape index (κ1) is 24.9. The quantitative estimate of drug-likeness (QED) is 0.326. The first-order chi connectivity index (χ1) is 17.4. The molecule has 36 heavy (non-hydrogen) atoms. The fourth-order valence-corrected chi connectivity index (χ4v) is 4.70. The molecule has 0 saturated carbocycles. The van der Waals surface area contributed by atoms with E-state index in [-0.39, 0.29) is 24.0 Å². The van der Waals surface area contributed by atoms with Crippen molar-refractivity contribution in [2.75, 3.05) is 10.2 Å². The molecule has 4 rings (SSSR count). The molecule has 8 heteroatoms. The van der Waals surface area contributed by atoms with Crippen molar-refractivity contribution in [2.24, 2.45) is 10.2 Å². The van der Waals surface area contributed by atoms with Crippen LogP contribution < -0.4 is 10.2 Å². The Kier molecular flexibility index (Phi) is 7.97. The average Bonchev–Trinajstić information content (AvgIpc) is 3.16. The number of amides is 2. The maximum Gasteiger partial charge on any atom is 0.247 e. The lowest BCUT2D eigenvalue weighted by Crippen LogP contribution is -2.33. The average molecular weight is 499 g/mol. The van der Waals surface area contributed by atoms with E-state index in [0.717, 1.165) is 16.7 Å². The molecule has 2 N–H and O–H groups in total. The van der Waals surface area contributed by atoms with E-state index in [4.69, 9.17) is 0 Å². The normalized spacial score (nSPS) is 17.2. The van der Waals surface area contributed by atoms with Gasteiger partial charge in [-0.2, -0.15) is 5.10 Å². The third kappa shape index (κ3) is 6.28. The number of aromatic hydroxyl groups is 1. The van der Waals surface area contributed by atoms with Crippen molar-refractivity contribution in [1.29, 1.82) is 0 Å². The van der Waals surface area contributed by atoms with Crippen molar-refractivity contribution in [1.82, 2.24) is 0 Å². The predicted molar refractivity (Wildman–Crippen MR) is 147 cm³/mol. The number of hydrogen-bond acceptors (Lipinski definition) is 6. The molecule has 1 saturated heterocycles. The molecule has 1 aliphatic heterocycles. The summed E-state index contributed by atoms with van der Waals surface area (Å²) in [6.45, 7) is 3.83. The number of thioether (sulfide) groups is 1. The number of hydrogen-bond donors (Lipinski definition) is 2. The van der Waals surface area contributed by atoms with Gasteiger partial charge < -0.3 is 10.4 Å². The monoisotopic (exact) mass is 498 g/mol. The molecule has 0 bridgehead atoms. The number of anilines is 2. The molecule has 2 amide bonds. The smallest absolute Gasteiger partial charge is 0.247 e. The second-order valence-electron chi connectivity index (χ2n) is 8.29. The molecule has 0 radical (unpaired) electrons. The highest BCUT2D eigenvalue weighted by atomic mass is 32.2. The van der Waals surface area contributed by atoms with Crippen molar-refractivity contribution in [3.8, 4) is 5.75 Å². The van der Waals surface area contributed by atoms with E-state index < -0.39 is 5.25 Å². The molecule has 0 aliphatic carbocycles. The summed E-state index contributed by atoms with van der Waals surface area (Å²) in [6, 6.07) is 23.6. The fourth-order valence-electron chi connectivity index (χ4n) is 3.61. The summed E-state index contributed by atoms with van der Waals surface area (Å²) < 4.78 is 0. The van der Waals surface area contributed by atoms with Crippen LogP contribution in [-0.4, -0.2) is 33.6 Å². The Hall–Kier alpha value is -4.17. The number of aryl methyl sites for hydroxylation is 1. The summed E-state index contributed by atoms with van der Waals surface area (Å²) in [6.07, 6.45) is 3.59. The highest BCUT2D eigenvalue weighted by Gasteiger charge is 2.40. The van der Waals surface area contributed by atoms with E-state index in [1.54, 1.807) is 18.3 Å². The largest absolute Gasteiger partial charge is 0.508 e. The molecule has 1 fully saturated rings. The zero-order chi connectivity index (χ0) is 25.5. The van der Waals surface area contributed by atoms with Gasteiger partial charge in [0, 0.05) is 12.1 Å². The lowest BCUT2D eigenvalue weighted by atomic mass is 10.1. The second kappa shape index (κ2) is 11.5. The van der Waals surface area contributed by atoms with Crippen LogP contribution in [0.4, 0.5) is 11.4 Å². The Balaban J connectivity index is 1.54. The fraction of sp³-hybridized carbons (Fsp3) is 0.143. The number of amidine groups is 1. The number of phenols is 1. The van der Waals surface area contributed by atoms with Crippen molar-refractivity contribution in [3.05, 3.63) is 95.6 Å². The van der Waals surface area contributed by atoms with E-state index >= 15 is 0 Å². The number of nitrogens with one attached hydrogen (secondary N) is 1. The van der Waals surface area contributed by atoms with Crippen LogP contribution in [0, 0.1) is 6.92 Å². The van der Waals surface area contributed by atoms with Gasteiger partial charge in [-0.05, 0) is 60.9 Å². The van der Waals surface area contributed by atoms with Crippen LogP contribution >= 0.6 is 11.8 Å². The SMILES string of the molecule is CC(C=NN=C1SC(CC(=O)Nc2ccccc2C)C(=O)N1c1ccc(O)cc1)=Cc1ccccc1. The minimum absolute atomic E-state index is 0.0118. The molecule has 3 aromatic carbocycles. The summed E-state index contributed by atoms with van der Waals surface area (Å²) in [7, 11) is 0. The standard InChI is InChI=1S/C28H26N4O3S/c1-19(16-21-9-4-3-5-10-21)18-29-31-28-32(22-12-14-23(33)15-13-22)27(35)25(36-28)17-26(34)30-24-11-7-6-8-20(24)2/h3-16,18,25,33H,17H2,1-2H3,(H,30,34). The number of benzene rings is 3. The van der Waals surface area contributed by atoms with Crippen LogP contribution in [0.15, 0.2) is 94.6 Å². The van der Waals surface area contributed by atoms with Crippen LogP contribution in [0.5, 0.6) is 5.75 Å². The molecular formula is C28H26N4O3S. The Morgan fingerprint density at radius 3 is 2.47 bits per heavy atom. The molecule has 7 nitrogen and oxygen atoms in total. The topological polar surface area (TPSA) is 94.4 Å². The summed E-state index contributed by atoms with van der Waals surface area (Å²) >= 11 is 1.19. The van der Waals surface area contributed by atoms with Gasteiger partial charge in [0.1, 0.15) is 11.0 Å². The van der Waals surface area contributed by atoms with Gasteiger partial charge in [-0.1, -0.05) is 66.4 Å².